The van der Waals surface area contributed by atoms with E-state index in [-0.39, 0.29) is 17.9 Å². The Morgan fingerprint density at radius 3 is 2.11 bits per heavy atom. The summed E-state index contributed by atoms with van der Waals surface area (Å²) in [6, 6.07) is 31.3. The highest BCUT2D eigenvalue weighted by atomic mass is 32.1. The molecule has 0 spiro atoms. The molecule has 3 N–H and O–H groups in total. The molecular weight excluding hydrogens is 500 g/mol. The van der Waals surface area contributed by atoms with Crippen molar-refractivity contribution >= 4 is 29.0 Å². The van der Waals surface area contributed by atoms with E-state index in [0.717, 1.165) is 32.3 Å². The zero-order valence-electron chi connectivity index (χ0n) is 20.0. The molecular formula is C30H22N2O5S. The second-order valence-electron chi connectivity index (χ2n) is 8.32. The number of nitrogens with one attached hydrogen (secondary N) is 1. The lowest BCUT2D eigenvalue weighted by Crippen LogP contribution is -2.19. The fourth-order valence-electron chi connectivity index (χ4n) is 3.85. The van der Waals surface area contributed by atoms with Gasteiger partial charge in [0, 0.05) is 22.9 Å². The summed E-state index contributed by atoms with van der Waals surface area (Å²) in [7, 11) is 0. The Bertz CT molecular complexity index is 1530. The second kappa shape index (κ2) is 11.0. The first-order valence-corrected chi connectivity index (χ1v) is 12.5. The van der Waals surface area contributed by atoms with Gasteiger partial charge in [0.25, 0.3) is 0 Å². The number of carboxylic acids is 1. The normalized spacial score (nSPS) is 10.6. The van der Waals surface area contributed by atoms with E-state index < -0.39 is 11.9 Å². The summed E-state index contributed by atoms with van der Waals surface area (Å²) >= 11 is 1.60. The second-order valence-corrected chi connectivity index (χ2v) is 9.32. The zero-order chi connectivity index (χ0) is 26.5. The maximum Gasteiger partial charge on any atom is 0.339 e. The van der Waals surface area contributed by atoms with Crippen LogP contribution in [0, 0.1) is 0 Å². The maximum absolute atomic E-state index is 12.3. The zero-order valence-corrected chi connectivity index (χ0v) is 20.8. The van der Waals surface area contributed by atoms with Gasteiger partial charge in [-0.2, -0.15) is 0 Å². The number of rotatable bonds is 8. The smallest absolute Gasteiger partial charge is 0.339 e. The summed E-state index contributed by atoms with van der Waals surface area (Å²) in [5, 5.41) is 22.4. The monoisotopic (exact) mass is 522 g/mol. The number of carbonyl (C=O) groups excluding carboxylic acids is 1. The summed E-state index contributed by atoms with van der Waals surface area (Å²) in [4.78, 5) is 29.3. The standard InChI is InChI=1S/C30H22N2O5S/c33-25-17-22(13-16-24(25)30(35)36)31-18-26(34)37-23-14-11-21(12-15-23)29-32-27(19-7-3-1-4-8-19)28(38-29)20-9-5-2-6-10-20/h1-17,31,33H,18H2,(H,35,36). The van der Waals surface area contributed by atoms with Gasteiger partial charge in [-0.15, -0.1) is 11.3 Å². The fourth-order valence-corrected chi connectivity index (χ4v) is 4.95. The van der Waals surface area contributed by atoms with E-state index in [0.29, 0.717) is 11.4 Å². The van der Waals surface area contributed by atoms with Crippen LogP contribution in [0.4, 0.5) is 5.69 Å². The molecule has 38 heavy (non-hydrogen) atoms. The fraction of sp³-hybridized carbons (Fsp3) is 0.0333. The van der Waals surface area contributed by atoms with Crippen LogP contribution >= 0.6 is 11.3 Å². The Hall–Kier alpha value is -4.95. The third-order valence-electron chi connectivity index (χ3n) is 5.71. The number of hydrogen-bond donors (Lipinski definition) is 3. The molecule has 0 fully saturated rings. The molecule has 5 rings (SSSR count). The highest BCUT2D eigenvalue weighted by Gasteiger charge is 2.16. The quantitative estimate of drug-likeness (QED) is 0.156. The summed E-state index contributed by atoms with van der Waals surface area (Å²) in [5.41, 5.74) is 4.14. The molecule has 0 aliphatic rings. The first-order valence-electron chi connectivity index (χ1n) is 11.7. The molecule has 0 atom stereocenters. The molecule has 0 aliphatic heterocycles. The van der Waals surface area contributed by atoms with E-state index in [1.807, 2.05) is 60.7 Å². The van der Waals surface area contributed by atoms with Crippen LogP contribution in [0.1, 0.15) is 10.4 Å². The Morgan fingerprint density at radius 1 is 0.816 bits per heavy atom. The van der Waals surface area contributed by atoms with Crippen molar-refractivity contribution in [3.05, 3.63) is 109 Å². The van der Waals surface area contributed by atoms with Crippen molar-refractivity contribution < 1.29 is 24.5 Å². The minimum Gasteiger partial charge on any atom is -0.507 e. The van der Waals surface area contributed by atoms with E-state index in [2.05, 4.69) is 17.4 Å². The molecule has 7 nitrogen and oxygen atoms in total. The molecule has 5 aromatic rings. The minimum atomic E-state index is -1.23. The van der Waals surface area contributed by atoms with Crippen molar-refractivity contribution in [2.75, 3.05) is 11.9 Å². The van der Waals surface area contributed by atoms with Crippen molar-refractivity contribution in [3.8, 4) is 43.8 Å². The van der Waals surface area contributed by atoms with E-state index in [1.165, 1.54) is 18.2 Å². The molecule has 0 saturated heterocycles. The Balaban J connectivity index is 1.29. The van der Waals surface area contributed by atoms with Gasteiger partial charge in [0.2, 0.25) is 0 Å². The number of aromatic hydroxyl groups is 1. The van der Waals surface area contributed by atoms with E-state index in [1.54, 1.807) is 23.5 Å². The molecule has 0 aliphatic carbocycles. The molecule has 188 valence electrons. The van der Waals surface area contributed by atoms with Crippen molar-refractivity contribution in [2.24, 2.45) is 0 Å². The van der Waals surface area contributed by atoms with Crippen molar-refractivity contribution in [1.82, 2.24) is 4.98 Å². The summed E-state index contributed by atoms with van der Waals surface area (Å²) in [5.74, 6) is -1.78. The number of aromatic nitrogens is 1. The number of anilines is 1. The number of carboxylic acid groups (broad SMARTS) is 1. The highest BCUT2D eigenvalue weighted by molar-refractivity contribution is 7.19. The average molecular weight is 523 g/mol. The number of carbonyl (C=O) groups is 2. The van der Waals surface area contributed by atoms with Gasteiger partial charge >= 0.3 is 11.9 Å². The summed E-state index contributed by atoms with van der Waals surface area (Å²) in [6.45, 7) is -0.166. The number of esters is 1. The molecule has 1 aromatic heterocycles. The third kappa shape index (κ3) is 5.55. The van der Waals surface area contributed by atoms with Crippen LogP contribution in [-0.2, 0) is 4.79 Å². The number of thiazole rings is 1. The van der Waals surface area contributed by atoms with Gasteiger partial charge < -0.3 is 20.3 Å². The molecule has 0 radical (unpaired) electrons. The van der Waals surface area contributed by atoms with Gasteiger partial charge in [0.05, 0.1) is 10.6 Å². The largest absolute Gasteiger partial charge is 0.507 e. The average Bonchev–Trinajstić information content (AvgIpc) is 3.39. The predicted octanol–water partition coefficient (Wildman–Crippen LogP) is 6.57. The van der Waals surface area contributed by atoms with Gasteiger partial charge in [-0.1, -0.05) is 60.7 Å². The Morgan fingerprint density at radius 2 is 1.47 bits per heavy atom. The van der Waals surface area contributed by atoms with E-state index >= 15 is 0 Å². The van der Waals surface area contributed by atoms with Crippen LogP contribution < -0.4 is 10.1 Å². The first kappa shape index (κ1) is 24.7. The molecule has 0 amide bonds. The highest BCUT2D eigenvalue weighted by Crippen LogP contribution is 2.40. The lowest BCUT2D eigenvalue weighted by molar-refractivity contribution is -0.132. The van der Waals surface area contributed by atoms with Gasteiger partial charge in [-0.25, -0.2) is 14.6 Å². The van der Waals surface area contributed by atoms with E-state index in [4.69, 9.17) is 14.8 Å². The lowest BCUT2D eigenvalue weighted by Gasteiger charge is -2.08. The lowest BCUT2D eigenvalue weighted by atomic mass is 10.1. The molecule has 4 aromatic carbocycles. The van der Waals surface area contributed by atoms with Crippen molar-refractivity contribution in [3.63, 3.8) is 0 Å². The third-order valence-corrected chi connectivity index (χ3v) is 6.86. The topological polar surface area (TPSA) is 109 Å². The number of benzene rings is 4. The number of aromatic carboxylic acids is 1. The molecule has 0 saturated carbocycles. The number of phenols is 1. The van der Waals surface area contributed by atoms with E-state index in [9.17, 15) is 14.7 Å². The van der Waals surface area contributed by atoms with Crippen LogP contribution in [0.15, 0.2) is 103 Å². The Labute approximate surface area is 222 Å². The maximum atomic E-state index is 12.3. The van der Waals surface area contributed by atoms with Crippen LogP contribution in [0.25, 0.3) is 32.3 Å². The van der Waals surface area contributed by atoms with Crippen LogP contribution in [0.3, 0.4) is 0 Å². The van der Waals surface area contributed by atoms with Crippen molar-refractivity contribution in [2.45, 2.75) is 0 Å². The number of hydrogen-bond acceptors (Lipinski definition) is 7. The first-order chi connectivity index (χ1) is 18.5. The minimum absolute atomic E-state index is 0.166. The van der Waals surface area contributed by atoms with Crippen LogP contribution in [0.5, 0.6) is 11.5 Å². The number of nitrogens with zero attached hydrogens (tertiary/aromatic N) is 1. The summed E-state index contributed by atoms with van der Waals surface area (Å²) in [6.07, 6.45) is 0. The number of ether oxygens (including phenoxy) is 1. The van der Waals surface area contributed by atoms with Gasteiger partial charge in [0.1, 0.15) is 28.6 Å². The van der Waals surface area contributed by atoms with Crippen molar-refractivity contribution in [1.29, 1.82) is 0 Å². The van der Waals surface area contributed by atoms with Gasteiger partial charge in [0.15, 0.2) is 0 Å². The Kier molecular flexibility index (Phi) is 7.15. The molecule has 8 heteroatoms. The van der Waals surface area contributed by atoms with Gasteiger partial charge in [-0.05, 0) is 42.0 Å². The molecule has 0 unspecified atom stereocenters. The SMILES string of the molecule is O=C(CNc1ccc(C(=O)O)c(O)c1)Oc1ccc(-c2nc(-c3ccccc3)c(-c3ccccc3)s2)cc1. The van der Waals surface area contributed by atoms with Crippen LogP contribution in [-0.4, -0.2) is 33.7 Å². The molecule has 1 heterocycles. The predicted molar refractivity (Wildman–Crippen MR) is 148 cm³/mol. The molecule has 0 bridgehead atoms. The summed E-state index contributed by atoms with van der Waals surface area (Å²) < 4.78 is 5.41. The van der Waals surface area contributed by atoms with Crippen LogP contribution in [0.2, 0.25) is 0 Å². The van der Waals surface area contributed by atoms with Gasteiger partial charge in [-0.3, -0.25) is 0 Å².